The van der Waals surface area contributed by atoms with Crippen molar-refractivity contribution >= 4 is 56.3 Å². The van der Waals surface area contributed by atoms with Gasteiger partial charge in [0, 0.05) is 16.5 Å². The average molecular weight is 368 g/mol. The summed E-state index contributed by atoms with van der Waals surface area (Å²) in [5.41, 5.74) is 0.970. The van der Waals surface area contributed by atoms with E-state index in [4.69, 9.17) is 23.2 Å². The predicted octanol–water partition coefficient (Wildman–Crippen LogP) is 5.38. The lowest BCUT2D eigenvalue weighted by molar-refractivity contribution is 0.0993. The van der Waals surface area contributed by atoms with Gasteiger partial charge in [-0.1, -0.05) is 39.1 Å². The fourth-order valence-corrected chi connectivity index (χ4v) is 3.54. The SMILES string of the molecule is O=C(Cc1cc(F)cc(Br)c1)c1cc(Cl)sc1Cl. The van der Waals surface area contributed by atoms with E-state index in [2.05, 4.69) is 15.9 Å². The van der Waals surface area contributed by atoms with Gasteiger partial charge in [-0.2, -0.15) is 0 Å². The molecular formula is C12H6BrCl2FOS. The van der Waals surface area contributed by atoms with E-state index in [1.165, 1.54) is 18.2 Å². The van der Waals surface area contributed by atoms with Crippen LogP contribution in [0, 0.1) is 5.82 Å². The maximum absolute atomic E-state index is 13.2. The lowest BCUT2D eigenvalue weighted by Gasteiger charge is -2.02. The third kappa shape index (κ3) is 3.32. The summed E-state index contributed by atoms with van der Waals surface area (Å²) in [5.74, 6) is -0.567. The Bertz CT molecular complexity index is 592. The third-order valence-electron chi connectivity index (χ3n) is 2.24. The predicted molar refractivity (Wildman–Crippen MR) is 76.5 cm³/mol. The van der Waals surface area contributed by atoms with Crippen LogP contribution in [0.25, 0.3) is 0 Å². The maximum atomic E-state index is 13.2. The molecule has 0 saturated heterocycles. The Morgan fingerprint density at radius 2 is 2.00 bits per heavy atom. The van der Waals surface area contributed by atoms with Gasteiger partial charge in [-0.15, -0.1) is 11.3 Å². The highest BCUT2D eigenvalue weighted by molar-refractivity contribution is 9.10. The van der Waals surface area contributed by atoms with Crippen molar-refractivity contribution < 1.29 is 9.18 Å². The molecule has 1 aromatic carbocycles. The van der Waals surface area contributed by atoms with Gasteiger partial charge in [0.25, 0.3) is 0 Å². The maximum Gasteiger partial charge on any atom is 0.169 e. The number of thiophene rings is 1. The number of Topliss-reactive ketones (excluding diaryl/α,β-unsaturated/α-hetero) is 1. The molecule has 0 aliphatic rings. The molecule has 0 saturated carbocycles. The van der Waals surface area contributed by atoms with Gasteiger partial charge in [0.15, 0.2) is 5.78 Å². The number of rotatable bonds is 3. The molecule has 0 unspecified atom stereocenters. The summed E-state index contributed by atoms with van der Waals surface area (Å²) in [4.78, 5) is 12.0. The van der Waals surface area contributed by atoms with Crippen LogP contribution < -0.4 is 0 Å². The van der Waals surface area contributed by atoms with Crippen LogP contribution in [0.1, 0.15) is 15.9 Å². The average Bonchev–Trinajstić information content (AvgIpc) is 2.56. The first-order chi connectivity index (χ1) is 8.45. The molecule has 1 aromatic heterocycles. The molecule has 94 valence electrons. The smallest absolute Gasteiger partial charge is 0.169 e. The minimum atomic E-state index is -0.387. The minimum Gasteiger partial charge on any atom is -0.294 e. The standard InChI is InChI=1S/C12H6BrCl2FOS/c13-7-1-6(2-8(16)4-7)3-10(17)9-5-11(14)18-12(9)15/h1-2,4-5H,3H2. The van der Waals surface area contributed by atoms with E-state index in [1.54, 1.807) is 6.07 Å². The van der Waals surface area contributed by atoms with Crippen molar-refractivity contribution in [3.05, 3.63) is 54.4 Å². The number of hydrogen-bond donors (Lipinski definition) is 0. The van der Waals surface area contributed by atoms with E-state index in [1.807, 2.05) is 0 Å². The van der Waals surface area contributed by atoms with Crippen LogP contribution in [0.15, 0.2) is 28.7 Å². The molecule has 18 heavy (non-hydrogen) atoms. The summed E-state index contributed by atoms with van der Waals surface area (Å²) in [5, 5.41) is 0. The van der Waals surface area contributed by atoms with Crippen molar-refractivity contribution in [2.45, 2.75) is 6.42 Å². The number of carbonyl (C=O) groups excluding carboxylic acids is 1. The van der Waals surface area contributed by atoms with Crippen LogP contribution in [-0.2, 0) is 6.42 Å². The summed E-state index contributed by atoms with van der Waals surface area (Å²) >= 11 is 16.0. The van der Waals surface area contributed by atoms with Crippen LogP contribution in [-0.4, -0.2) is 5.78 Å². The second-order valence-corrected chi connectivity index (χ2v) is 6.82. The van der Waals surface area contributed by atoms with E-state index >= 15 is 0 Å². The van der Waals surface area contributed by atoms with Crippen molar-refractivity contribution in [2.24, 2.45) is 0 Å². The van der Waals surface area contributed by atoms with E-state index in [0.717, 1.165) is 11.3 Å². The van der Waals surface area contributed by atoms with Gasteiger partial charge in [0.1, 0.15) is 10.2 Å². The molecule has 0 aliphatic heterocycles. The summed E-state index contributed by atoms with van der Waals surface area (Å²) in [6.45, 7) is 0. The number of ketones is 1. The van der Waals surface area contributed by atoms with Gasteiger partial charge in [0.2, 0.25) is 0 Å². The Hall–Kier alpha value is -0.420. The van der Waals surface area contributed by atoms with Crippen LogP contribution in [0.4, 0.5) is 4.39 Å². The van der Waals surface area contributed by atoms with Gasteiger partial charge in [-0.3, -0.25) is 4.79 Å². The van der Waals surface area contributed by atoms with Crippen LogP contribution >= 0.6 is 50.5 Å². The van der Waals surface area contributed by atoms with Gasteiger partial charge in [-0.25, -0.2) is 4.39 Å². The Balaban J connectivity index is 2.23. The fraction of sp³-hybridized carbons (Fsp3) is 0.0833. The molecule has 0 spiro atoms. The lowest BCUT2D eigenvalue weighted by Crippen LogP contribution is -2.03. The molecule has 0 bridgehead atoms. The molecule has 0 amide bonds. The molecule has 0 atom stereocenters. The van der Waals surface area contributed by atoms with Gasteiger partial charge in [-0.05, 0) is 29.8 Å². The molecule has 2 rings (SSSR count). The molecule has 0 aliphatic carbocycles. The zero-order valence-corrected chi connectivity index (χ0v) is 12.8. The first-order valence-electron chi connectivity index (χ1n) is 4.88. The Labute approximate surface area is 126 Å². The Kier molecular flexibility index (Phi) is 4.43. The highest BCUT2D eigenvalue weighted by Gasteiger charge is 2.15. The molecule has 1 heterocycles. The molecule has 6 heteroatoms. The van der Waals surface area contributed by atoms with Crippen molar-refractivity contribution in [3.8, 4) is 0 Å². The van der Waals surface area contributed by atoms with E-state index in [9.17, 15) is 9.18 Å². The van der Waals surface area contributed by atoms with Crippen molar-refractivity contribution in [3.63, 3.8) is 0 Å². The molecule has 2 aromatic rings. The van der Waals surface area contributed by atoms with Crippen molar-refractivity contribution in [2.75, 3.05) is 0 Å². The second kappa shape index (κ2) is 5.70. The van der Waals surface area contributed by atoms with E-state index in [-0.39, 0.29) is 18.0 Å². The lowest BCUT2D eigenvalue weighted by atomic mass is 10.1. The van der Waals surface area contributed by atoms with Crippen molar-refractivity contribution in [1.29, 1.82) is 0 Å². The molecule has 0 fully saturated rings. The Morgan fingerprint density at radius 3 is 2.56 bits per heavy atom. The van der Waals surface area contributed by atoms with Crippen LogP contribution in [0.2, 0.25) is 8.67 Å². The highest BCUT2D eigenvalue weighted by atomic mass is 79.9. The van der Waals surface area contributed by atoms with Gasteiger partial charge in [0.05, 0.1) is 4.34 Å². The number of halogens is 4. The minimum absolute atomic E-state index is 0.0865. The summed E-state index contributed by atoms with van der Waals surface area (Å²) in [6, 6.07) is 5.89. The number of benzene rings is 1. The second-order valence-electron chi connectivity index (χ2n) is 3.62. The quantitative estimate of drug-likeness (QED) is 0.665. The fourth-order valence-electron chi connectivity index (χ4n) is 1.52. The van der Waals surface area contributed by atoms with E-state index < -0.39 is 0 Å². The first-order valence-corrected chi connectivity index (χ1v) is 7.25. The Morgan fingerprint density at radius 1 is 1.28 bits per heavy atom. The largest absolute Gasteiger partial charge is 0.294 e. The molecular weight excluding hydrogens is 362 g/mol. The number of hydrogen-bond acceptors (Lipinski definition) is 2. The summed E-state index contributed by atoms with van der Waals surface area (Å²) < 4.78 is 14.6. The third-order valence-corrected chi connectivity index (χ3v) is 4.19. The summed E-state index contributed by atoms with van der Waals surface area (Å²) in [6.07, 6.45) is 0.0865. The first kappa shape index (κ1) is 14.0. The topological polar surface area (TPSA) is 17.1 Å². The summed E-state index contributed by atoms with van der Waals surface area (Å²) in [7, 11) is 0. The van der Waals surface area contributed by atoms with Crippen molar-refractivity contribution in [1.82, 2.24) is 0 Å². The normalized spacial score (nSPS) is 10.7. The monoisotopic (exact) mass is 366 g/mol. The zero-order valence-electron chi connectivity index (χ0n) is 8.84. The van der Waals surface area contributed by atoms with Crippen LogP contribution in [0.5, 0.6) is 0 Å². The van der Waals surface area contributed by atoms with Crippen LogP contribution in [0.3, 0.4) is 0 Å². The molecule has 0 radical (unpaired) electrons. The molecule has 0 N–H and O–H groups in total. The zero-order chi connectivity index (χ0) is 13.3. The molecule has 1 nitrogen and oxygen atoms in total. The van der Waals surface area contributed by atoms with Gasteiger partial charge < -0.3 is 0 Å². The van der Waals surface area contributed by atoms with Gasteiger partial charge >= 0.3 is 0 Å². The highest BCUT2D eigenvalue weighted by Crippen LogP contribution is 2.32. The van der Waals surface area contributed by atoms with E-state index in [0.29, 0.717) is 24.3 Å². The number of carbonyl (C=O) groups is 1.